The summed E-state index contributed by atoms with van der Waals surface area (Å²) < 4.78 is 31.9. The molecule has 0 amide bonds. The van der Waals surface area contributed by atoms with Crippen molar-refractivity contribution in [3.63, 3.8) is 0 Å². The molecule has 1 unspecified atom stereocenters. The molecule has 36 heavy (non-hydrogen) atoms. The first-order valence-electron chi connectivity index (χ1n) is 12.4. The summed E-state index contributed by atoms with van der Waals surface area (Å²) in [5.41, 5.74) is 8.37. The number of nitrogen functional groups attached to an aromatic ring is 1. The number of rotatable bonds is 6. The molecule has 3 saturated carbocycles. The van der Waals surface area contributed by atoms with Crippen LogP contribution in [-0.4, -0.2) is 57.6 Å². The number of aryl methyl sites for hydroxylation is 1. The average molecular weight is 507 g/mol. The molecule has 4 aliphatic rings. The highest BCUT2D eigenvalue weighted by Gasteiger charge is 2.62. The minimum atomic E-state index is -3.74. The third kappa shape index (κ3) is 3.50. The molecule has 3 aliphatic carbocycles. The molecule has 188 valence electrons. The first-order chi connectivity index (χ1) is 17.2. The lowest BCUT2D eigenvalue weighted by molar-refractivity contribution is -0.114. The highest BCUT2D eigenvalue weighted by Crippen LogP contribution is 2.61. The molecule has 10 nitrogen and oxygen atoms in total. The summed E-state index contributed by atoms with van der Waals surface area (Å²) in [6.07, 6.45) is 7.65. The lowest BCUT2D eigenvalue weighted by Crippen LogP contribution is -2.70. The van der Waals surface area contributed by atoms with E-state index in [-0.39, 0.29) is 22.0 Å². The van der Waals surface area contributed by atoms with E-state index in [0.717, 1.165) is 56.3 Å². The second kappa shape index (κ2) is 7.96. The average Bonchev–Trinajstić information content (AvgIpc) is 3.23. The maximum absolute atomic E-state index is 13.6. The SMILES string of the molecule is Cc1ccc(S(=O)(=O)NC23CCCC(C(C)N4CC(C#N)C4)(C2)C3)cc1-c1cnc2c(N)ncnn12. The zero-order chi connectivity index (χ0) is 25.3. The number of nitrogens with two attached hydrogens (primary N) is 1. The summed E-state index contributed by atoms with van der Waals surface area (Å²) in [5.74, 6) is 0.391. The number of nitrogens with one attached hydrogen (secondary N) is 1. The number of sulfonamides is 1. The van der Waals surface area contributed by atoms with E-state index < -0.39 is 15.6 Å². The van der Waals surface area contributed by atoms with E-state index in [9.17, 15) is 8.42 Å². The van der Waals surface area contributed by atoms with Crippen molar-refractivity contribution in [1.29, 1.82) is 5.26 Å². The van der Waals surface area contributed by atoms with Crippen LogP contribution in [0, 0.1) is 29.6 Å². The van der Waals surface area contributed by atoms with Gasteiger partial charge in [0, 0.05) is 30.2 Å². The van der Waals surface area contributed by atoms with Gasteiger partial charge in [-0.3, -0.25) is 4.90 Å². The molecule has 4 fully saturated rings. The van der Waals surface area contributed by atoms with Crippen LogP contribution in [0.5, 0.6) is 0 Å². The lowest BCUT2D eigenvalue weighted by Gasteiger charge is -2.65. The number of likely N-dealkylation sites (tertiary alicyclic amines) is 1. The minimum absolute atomic E-state index is 0.121. The quantitative estimate of drug-likeness (QED) is 0.519. The van der Waals surface area contributed by atoms with Gasteiger partial charge in [-0.05, 0) is 62.6 Å². The van der Waals surface area contributed by atoms with Crippen molar-refractivity contribution in [2.75, 3.05) is 18.8 Å². The monoisotopic (exact) mass is 506 g/mol. The van der Waals surface area contributed by atoms with Crippen LogP contribution < -0.4 is 10.5 Å². The van der Waals surface area contributed by atoms with Crippen molar-refractivity contribution >= 4 is 21.5 Å². The first-order valence-corrected chi connectivity index (χ1v) is 13.9. The number of nitriles is 1. The topological polar surface area (TPSA) is 142 Å². The Balaban J connectivity index is 1.25. The number of hydrogen-bond donors (Lipinski definition) is 2. The Morgan fingerprint density at radius 2 is 2.03 bits per heavy atom. The molecule has 0 radical (unpaired) electrons. The first kappa shape index (κ1) is 23.3. The smallest absolute Gasteiger partial charge is 0.241 e. The second-order valence-electron chi connectivity index (χ2n) is 10.9. The third-order valence-corrected chi connectivity index (χ3v) is 10.3. The predicted octanol–water partition coefficient (Wildman–Crippen LogP) is 2.51. The molecule has 1 atom stereocenters. The third-order valence-electron chi connectivity index (χ3n) is 8.71. The van der Waals surface area contributed by atoms with Crippen molar-refractivity contribution in [3.8, 4) is 17.3 Å². The highest BCUT2D eigenvalue weighted by atomic mass is 32.2. The van der Waals surface area contributed by atoms with E-state index in [1.807, 2.05) is 13.0 Å². The van der Waals surface area contributed by atoms with Gasteiger partial charge in [-0.1, -0.05) is 12.5 Å². The van der Waals surface area contributed by atoms with E-state index >= 15 is 0 Å². The van der Waals surface area contributed by atoms with Crippen LogP contribution in [0.3, 0.4) is 0 Å². The highest BCUT2D eigenvalue weighted by molar-refractivity contribution is 7.89. The van der Waals surface area contributed by atoms with Gasteiger partial charge in [0.15, 0.2) is 11.5 Å². The molecule has 3 N–H and O–H groups in total. The van der Waals surface area contributed by atoms with Crippen LogP contribution in [0.15, 0.2) is 35.6 Å². The van der Waals surface area contributed by atoms with Gasteiger partial charge in [-0.2, -0.15) is 10.4 Å². The number of benzene rings is 1. The van der Waals surface area contributed by atoms with Crippen molar-refractivity contribution in [3.05, 3.63) is 36.3 Å². The molecule has 3 heterocycles. The fraction of sp³-hybridized carbons (Fsp3) is 0.520. The number of anilines is 1. The van der Waals surface area contributed by atoms with Gasteiger partial charge in [-0.25, -0.2) is 27.6 Å². The summed E-state index contributed by atoms with van der Waals surface area (Å²) in [5, 5.41) is 13.4. The van der Waals surface area contributed by atoms with Crippen LogP contribution in [0.4, 0.5) is 5.82 Å². The molecular weight excluding hydrogens is 476 g/mol. The van der Waals surface area contributed by atoms with E-state index in [1.54, 1.807) is 22.8 Å². The van der Waals surface area contributed by atoms with Crippen molar-refractivity contribution in [1.82, 2.24) is 29.2 Å². The molecule has 1 saturated heterocycles. The van der Waals surface area contributed by atoms with E-state index in [0.29, 0.717) is 17.4 Å². The maximum Gasteiger partial charge on any atom is 0.241 e. The number of fused-ring (bicyclic) bond motifs is 3. The fourth-order valence-electron chi connectivity index (χ4n) is 6.76. The Bertz CT molecular complexity index is 1500. The molecule has 2 aromatic heterocycles. The molecular formula is C25H30N8O2S. The maximum atomic E-state index is 13.6. The molecule has 7 rings (SSSR count). The molecule has 2 bridgehead atoms. The Labute approximate surface area is 210 Å². The standard InChI is InChI=1S/C25H30N8O2S/c1-16-4-5-19(8-20(16)21-10-28-23-22(27)29-15-30-33(21)23)36(34,35)31-25-7-3-6-24(13-25,14-25)17(2)32-11-18(9-26)12-32/h4-5,8,10,15,17-18,31H,3,6-7,11-14H2,1-2H3,(H2,27,29,30). The molecule has 11 heteroatoms. The van der Waals surface area contributed by atoms with Crippen molar-refractivity contribution in [2.45, 2.75) is 62.4 Å². The fourth-order valence-corrected chi connectivity index (χ4v) is 8.21. The van der Waals surface area contributed by atoms with Crippen LogP contribution in [0.2, 0.25) is 0 Å². The summed E-state index contributed by atoms with van der Waals surface area (Å²) in [4.78, 5) is 10.9. The van der Waals surface area contributed by atoms with E-state index in [1.165, 1.54) is 6.33 Å². The zero-order valence-corrected chi connectivity index (χ0v) is 21.3. The Kier molecular flexibility index (Phi) is 5.16. The van der Waals surface area contributed by atoms with E-state index in [4.69, 9.17) is 11.0 Å². The summed E-state index contributed by atoms with van der Waals surface area (Å²) in [6.45, 7) is 5.82. The largest absolute Gasteiger partial charge is 0.381 e. The molecule has 3 aromatic rings. The number of aromatic nitrogens is 4. The van der Waals surface area contributed by atoms with Crippen LogP contribution >= 0.6 is 0 Å². The zero-order valence-electron chi connectivity index (χ0n) is 20.5. The van der Waals surface area contributed by atoms with Gasteiger partial charge in [0.2, 0.25) is 10.0 Å². The molecule has 0 spiro atoms. The summed E-state index contributed by atoms with van der Waals surface area (Å²) >= 11 is 0. The van der Waals surface area contributed by atoms with Crippen LogP contribution in [-0.2, 0) is 10.0 Å². The number of hydrogen-bond acceptors (Lipinski definition) is 8. The van der Waals surface area contributed by atoms with Gasteiger partial charge < -0.3 is 5.73 Å². The van der Waals surface area contributed by atoms with Gasteiger partial charge in [0.05, 0.1) is 28.8 Å². The Morgan fingerprint density at radius 1 is 1.25 bits per heavy atom. The van der Waals surface area contributed by atoms with Crippen molar-refractivity contribution in [2.24, 2.45) is 11.3 Å². The van der Waals surface area contributed by atoms with Gasteiger partial charge in [-0.15, -0.1) is 0 Å². The summed E-state index contributed by atoms with van der Waals surface area (Å²) in [7, 11) is -3.74. The normalized spacial score (nSPS) is 27.2. The summed E-state index contributed by atoms with van der Waals surface area (Å²) in [6, 6.07) is 7.87. The van der Waals surface area contributed by atoms with Gasteiger partial charge >= 0.3 is 0 Å². The number of nitrogens with zero attached hydrogens (tertiary/aromatic N) is 6. The van der Waals surface area contributed by atoms with Gasteiger partial charge in [0.1, 0.15) is 6.33 Å². The molecule has 1 aliphatic heterocycles. The Hall–Kier alpha value is -3.07. The lowest BCUT2D eigenvalue weighted by atomic mass is 9.47. The molecule has 1 aromatic carbocycles. The van der Waals surface area contributed by atoms with Crippen molar-refractivity contribution < 1.29 is 8.42 Å². The number of imidazole rings is 1. The Morgan fingerprint density at radius 3 is 2.78 bits per heavy atom. The predicted molar refractivity (Wildman–Crippen MR) is 134 cm³/mol. The minimum Gasteiger partial charge on any atom is -0.381 e. The van der Waals surface area contributed by atoms with Crippen LogP contribution in [0.1, 0.15) is 44.6 Å². The van der Waals surface area contributed by atoms with Gasteiger partial charge in [0.25, 0.3) is 0 Å². The van der Waals surface area contributed by atoms with E-state index in [2.05, 4.69) is 37.7 Å². The second-order valence-corrected chi connectivity index (χ2v) is 12.6. The van der Waals surface area contributed by atoms with Crippen LogP contribution in [0.25, 0.3) is 16.9 Å².